The first-order valence-corrected chi connectivity index (χ1v) is 9.36. The molecule has 2 heterocycles. The van der Waals surface area contributed by atoms with Crippen molar-refractivity contribution in [2.45, 2.75) is 13.8 Å². The third-order valence-electron chi connectivity index (χ3n) is 4.39. The number of fused-ring (bicyclic) bond motifs is 1. The van der Waals surface area contributed by atoms with Crippen molar-refractivity contribution in [3.8, 4) is 11.8 Å². The van der Waals surface area contributed by atoms with E-state index in [-0.39, 0.29) is 5.91 Å². The average Bonchev–Trinajstić information content (AvgIpc) is 3.14. The Bertz CT molecular complexity index is 1280. The van der Waals surface area contributed by atoms with Crippen LogP contribution < -0.4 is 5.32 Å². The summed E-state index contributed by atoms with van der Waals surface area (Å²) in [6.45, 7) is 3.89. The largest absolute Gasteiger partial charge is 0.322 e. The molecule has 0 aliphatic carbocycles. The van der Waals surface area contributed by atoms with E-state index in [4.69, 9.17) is 11.6 Å². The van der Waals surface area contributed by atoms with Gasteiger partial charge in [-0.15, -0.1) is 0 Å². The van der Waals surface area contributed by atoms with E-state index in [1.54, 1.807) is 35.1 Å². The van der Waals surface area contributed by atoms with Crippen LogP contribution >= 0.6 is 11.6 Å². The standard InChI is InChI=1S/C23H17ClN4O/c1-15-9-20(24)12-21(10-15)27-23(29)19-5-3-16(2)18(11-19)6-4-17-13-25-22-7-8-26-28(22)14-17/h3,5,7-14H,1-2H3,(H,27,29). The molecule has 1 amide bonds. The van der Waals surface area contributed by atoms with Crippen molar-refractivity contribution in [1.82, 2.24) is 14.6 Å². The number of halogens is 1. The average molecular weight is 401 g/mol. The molecule has 142 valence electrons. The number of carbonyl (C=O) groups is 1. The molecule has 0 saturated carbocycles. The maximum Gasteiger partial charge on any atom is 0.255 e. The Hall–Kier alpha value is -3.62. The van der Waals surface area contributed by atoms with Crippen LogP contribution in [0.5, 0.6) is 0 Å². The second-order valence-electron chi connectivity index (χ2n) is 6.73. The highest BCUT2D eigenvalue weighted by Gasteiger charge is 2.09. The third kappa shape index (κ3) is 4.29. The van der Waals surface area contributed by atoms with E-state index in [0.717, 1.165) is 27.9 Å². The van der Waals surface area contributed by atoms with Gasteiger partial charge in [0.05, 0.1) is 11.8 Å². The Balaban J connectivity index is 1.59. The highest BCUT2D eigenvalue weighted by Crippen LogP contribution is 2.20. The fourth-order valence-electron chi connectivity index (χ4n) is 2.92. The first kappa shape index (κ1) is 18.7. The number of carbonyl (C=O) groups excluding carboxylic acids is 1. The number of nitrogens with zero attached hydrogens (tertiary/aromatic N) is 3. The van der Waals surface area contributed by atoms with Gasteiger partial charge >= 0.3 is 0 Å². The van der Waals surface area contributed by atoms with Crippen molar-refractivity contribution in [1.29, 1.82) is 0 Å². The van der Waals surface area contributed by atoms with Crippen LogP contribution in [0.25, 0.3) is 5.65 Å². The maximum absolute atomic E-state index is 12.7. The fraction of sp³-hybridized carbons (Fsp3) is 0.0870. The Morgan fingerprint density at radius 2 is 1.97 bits per heavy atom. The van der Waals surface area contributed by atoms with Crippen molar-refractivity contribution < 1.29 is 4.79 Å². The summed E-state index contributed by atoms with van der Waals surface area (Å²) >= 11 is 6.07. The summed E-state index contributed by atoms with van der Waals surface area (Å²) in [6.07, 6.45) is 5.22. The number of aromatic nitrogens is 3. The Morgan fingerprint density at radius 1 is 1.10 bits per heavy atom. The van der Waals surface area contributed by atoms with Crippen molar-refractivity contribution in [2.24, 2.45) is 0 Å². The van der Waals surface area contributed by atoms with Crippen molar-refractivity contribution >= 4 is 28.8 Å². The quantitative estimate of drug-likeness (QED) is 0.498. The van der Waals surface area contributed by atoms with E-state index >= 15 is 0 Å². The van der Waals surface area contributed by atoms with Crippen molar-refractivity contribution in [3.63, 3.8) is 0 Å². The molecule has 5 nitrogen and oxygen atoms in total. The molecule has 0 saturated heterocycles. The fourth-order valence-corrected chi connectivity index (χ4v) is 3.21. The first-order chi connectivity index (χ1) is 14.0. The minimum absolute atomic E-state index is 0.214. The molecule has 2 aromatic carbocycles. The molecule has 0 aliphatic rings. The SMILES string of the molecule is Cc1cc(Cl)cc(NC(=O)c2ccc(C)c(C#Cc3cnc4ccnn4c3)c2)c1. The van der Waals surface area contributed by atoms with Gasteiger partial charge in [-0.25, -0.2) is 9.50 Å². The van der Waals surface area contributed by atoms with Gasteiger partial charge in [0.15, 0.2) is 5.65 Å². The Morgan fingerprint density at radius 3 is 2.79 bits per heavy atom. The van der Waals surface area contributed by atoms with E-state index in [2.05, 4.69) is 27.2 Å². The molecule has 6 heteroatoms. The van der Waals surface area contributed by atoms with Gasteiger partial charge in [0.2, 0.25) is 0 Å². The number of hydrogen-bond acceptors (Lipinski definition) is 3. The number of amides is 1. The topological polar surface area (TPSA) is 59.3 Å². The molecule has 0 spiro atoms. The van der Waals surface area contributed by atoms with Gasteiger partial charge in [-0.05, 0) is 55.3 Å². The van der Waals surface area contributed by atoms with E-state index < -0.39 is 0 Å². The van der Waals surface area contributed by atoms with E-state index in [0.29, 0.717) is 16.3 Å². The van der Waals surface area contributed by atoms with Crippen LogP contribution in [0, 0.1) is 25.7 Å². The summed E-state index contributed by atoms with van der Waals surface area (Å²) < 4.78 is 1.67. The molecule has 1 N–H and O–H groups in total. The lowest BCUT2D eigenvalue weighted by Crippen LogP contribution is -2.12. The summed E-state index contributed by atoms with van der Waals surface area (Å²) in [6, 6.07) is 12.7. The van der Waals surface area contributed by atoms with Gasteiger partial charge in [-0.1, -0.05) is 29.5 Å². The van der Waals surface area contributed by atoms with Crippen LogP contribution in [0.2, 0.25) is 5.02 Å². The number of rotatable bonds is 2. The highest BCUT2D eigenvalue weighted by molar-refractivity contribution is 6.31. The van der Waals surface area contributed by atoms with Gasteiger partial charge in [-0.2, -0.15) is 5.10 Å². The number of hydrogen-bond donors (Lipinski definition) is 1. The van der Waals surface area contributed by atoms with Gasteiger partial charge in [-0.3, -0.25) is 4.79 Å². The third-order valence-corrected chi connectivity index (χ3v) is 4.61. The predicted molar refractivity (Wildman–Crippen MR) is 114 cm³/mol. The summed E-state index contributed by atoms with van der Waals surface area (Å²) in [5.41, 5.74) is 5.43. The minimum Gasteiger partial charge on any atom is -0.322 e. The maximum atomic E-state index is 12.7. The monoisotopic (exact) mass is 400 g/mol. The second-order valence-corrected chi connectivity index (χ2v) is 7.16. The van der Waals surface area contributed by atoms with Crippen LogP contribution in [0.1, 0.15) is 32.6 Å². The van der Waals surface area contributed by atoms with Crippen LogP contribution in [0.15, 0.2) is 61.1 Å². The molecule has 0 fully saturated rings. The number of benzene rings is 2. The van der Waals surface area contributed by atoms with Crippen LogP contribution in [-0.2, 0) is 0 Å². The second kappa shape index (κ2) is 7.78. The molecule has 4 rings (SSSR count). The van der Waals surface area contributed by atoms with Crippen LogP contribution in [-0.4, -0.2) is 20.5 Å². The van der Waals surface area contributed by atoms with Gasteiger partial charge in [0.1, 0.15) is 0 Å². The van der Waals surface area contributed by atoms with E-state index in [1.807, 2.05) is 44.3 Å². The zero-order valence-corrected chi connectivity index (χ0v) is 16.7. The zero-order valence-electron chi connectivity index (χ0n) is 15.9. The molecule has 0 aliphatic heterocycles. The van der Waals surface area contributed by atoms with E-state index in [9.17, 15) is 4.79 Å². The minimum atomic E-state index is -0.214. The molecular formula is C23H17ClN4O. The summed E-state index contributed by atoms with van der Waals surface area (Å²) in [7, 11) is 0. The summed E-state index contributed by atoms with van der Waals surface area (Å²) in [5.74, 6) is 6.01. The molecule has 0 unspecified atom stereocenters. The molecule has 0 bridgehead atoms. The Kier molecular flexibility index (Phi) is 5.03. The lowest BCUT2D eigenvalue weighted by molar-refractivity contribution is 0.102. The lowest BCUT2D eigenvalue weighted by atomic mass is 10.0. The summed E-state index contributed by atoms with van der Waals surface area (Å²) in [4.78, 5) is 17.0. The molecule has 0 radical (unpaired) electrons. The number of anilines is 1. The molecule has 0 atom stereocenters. The smallest absolute Gasteiger partial charge is 0.255 e. The van der Waals surface area contributed by atoms with Crippen molar-refractivity contribution in [3.05, 3.63) is 93.9 Å². The normalized spacial score (nSPS) is 10.4. The summed E-state index contributed by atoms with van der Waals surface area (Å²) in [5, 5.41) is 7.63. The van der Waals surface area contributed by atoms with E-state index in [1.165, 1.54) is 0 Å². The molecule has 29 heavy (non-hydrogen) atoms. The van der Waals surface area contributed by atoms with Gasteiger partial charge < -0.3 is 5.32 Å². The van der Waals surface area contributed by atoms with Crippen LogP contribution in [0.4, 0.5) is 5.69 Å². The van der Waals surface area contributed by atoms with Gasteiger partial charge in [0.25, 0.3) is 5.91 Å². The predicted octanol–water partition coefficient (Wildman–Crippen LogP) is 4.65. The Labute approximate surface area is 173 Å². The first-order valence-electron chi connectivity index (χ1n) is 8.98. The van der Waals surface area contributed by atoms with Crippen LogP contribution in [0.3, 0.4) is 0 Å². The molecule has 4 aromatic rings. The molecule has 2 aromatic heterocycles. The molecular weight excluding hydrogens is 384 g/mol. The van der Waals surface area contributed by atoms with Gasteiger partial charge in [0, 0.05) is 40.3 Å². The number of aryl methyl sites for hydroxylation is 2. The highest BCUT2D eigenvalue weighted by atomic mass is 35.5. The van der Waals surface area contributed by atoms with Crippen molar-refractivity contribution in [2.75, 3.05) is 5.32 Å². The zero-order chi connectivity index (χ0) is 20.4. The number of nitrogens with one attached hydrogen (secondary N) is 1. The lowest BCUT2D eigenvalue weighted by Gasteiger charge is -2.08.